The fourth-order valence-corrected chi connectivity index (χ4v) is 2.46. The summed E-state index contributed by atoms with van der Waals surface area (Å²) in [6.45, 7) is -0.441. The van der Waals surface area contributed by atoms with E-state index >= 15 is 0 Å². The summed E-state index contributed by atoms with van der Waals surface area (Å²) in [5, 5.41) is 0. The molecule has 1 fully saturated rings. The first-order chi connectivity index (χ1) is 10.0. The maximum atomic E-state index is 12.5. The fraction of sp³-hybridized carbons (Fsp3) is 0.467. The molecule has 2 rings (SSSR count). The van der Waals surface area contributed by atoms with E-state index in [2.05, 4.69) is 4.74 Å². The van der Waals surface area contributed by atoms with Crippen LogP contribution in [-0.2, 0) is 4.79 Å². The maximum Gasteiger partial charge on any atom is 0.387 e. The molecule has 1 heterocycles. The number of ketones is 1. The van der Waals surface area contributed by atoms with Gasteiger partial charge in [0.1, 0.15) is 11.5 Å². The molecule has 0 N–H and O–H groups in total. The smallest absolute Gasteiger partial charge is 0.387 e. The fourth-order valence-electron chi connectivity index (χ4n) is 2.46. The zero-order valence-corrected chi connectivity index (χ0v) is 11.7. The van der Waals surface area contributed by atoms with Crippen LogP contribution in [0.4, 0.5) is 8.78 Å². The molecule has 1 atom stereocenters. The second kappa shape index (κ2) is 6.65. The molecule has 1 unspecified atom stereocenters. The quantitative estimate of drug-likeness (QED) is 0.858. The van der Waals surface area contributed by atoms with Gasteiger partial charge in [-0.25, -0.2) is 0 Å². The van der Waals surface area contributed by atoms with E-state index in [9.17, 15) is 18.4 Å². The molecule has 0 aromatic heterocycles. The number of halogens is 2. The standard InChI is InChI=1S/C15H17F2NO3/c1-2-10-9-18(8-7-12(10)19)14(20)11-5-3-4-6-13(11)21-15(16)17/h3-6,10,15H,2,7-9H2,1H3. The number of nitrogens with zero attached hydrogens (tertiary/aromatic N) is 1. The lowest BCUT2D eigenvalue weighted by atomic mass is 9.93. The van der Waals surface area contributed by atoms with Crippen LogP contribution in [0.1, 0.15) is 30.1 Å². The molecule has 0 spiro atoms. The number of rotatable bonds is 4. The SMILES string of the molecule is CCC1CN(C(=O)c2ccccc2OC(F)F)CCC1=O. The predicted molar refractivity (Wildman–Crippen MR) is 72.4 cm³/mol. The van der Waals surface area contributed by atoms with Crippen molar-refractivity contribution in [3.63, 3.8) is 0 Å². The van der Waals surface area contributed by atoms with Crippen LogP contribution < -0.4 is 4.74 Å². The highest BCUT2D eigenvalue weighted by Crippen LogP contribution is 2.24. The van der Waals surface area contributed by atoms with Crippen molar-refractivity contribution in [1.29, 1.82) is 0 Å². The summed E-state index contributed by atoms with van der Waals surface area (Å²) in [6, 6.07) is 5.92. The van der Waals surface area contributed by atoms with Crippen LogP contribution in [0, 0.1) is 5.92 Å². The van der Waals surface area contributed by atoms with Gasteiger partial charge in [0.25, 0.3) is 5.91 Å². The highest BCUT2D eigenvalue weighted by atomic mass is 19.3. The lowest BCUT2D eigenvalue weighted by Crippen LogP contribution is -2.44. The van der Waals surface area contributed by atoms with Crippen molar-refractivity contribution in [3.8, 4) is 5.75 Å². The normalized spacial score (nSPS) is 19.0. The first kappa shape index (κ1) is 15.4. The average Bonchev–Trinajstić information content (AvgIpc) is 2.47. The van der Waals surface area contributed by atoms with Crippen molar-refractivity contribution < 1.29 is 23.1 Å². The Hall–Kier alpha value is -1.98. The molecular weight excluding hydrogens is 280 g/mol. The van der Waals surface area contributed by atoms with E-state index < -0.39 is 6.61 Å². The van der Waals surface area contributed by atoms with Gasteiger partial charge in [0, 0.05) is 25.4 Å². The first-order valence-corrected chi connectivity index (χ1v) is 6.88. The molecule has 0 saturated carbocycles. The van der Waals surface area contributed by atoms with E-state index in [-0.39, 0.29) is 28.9 Å². The summed E-state index contributed by atoms with van der Waals surface area (Å²) in [4.78, 5) is 25.7. The molecule has 21 heavy (non-hydrogen) atoms. The second-order valence-electron chi connectivity index (χ2n) is 4.95. The Labute approximate surface area is 121 Å². The van der Waals surface area contributed by atoms with Crippen LogP contribution in [0.25, 0.3) is 0 Å². The molecule has 6 heteroatoms. The summed E-state index contributed by atoms with van der Waals surface area (Å²) in [7, 11) is 0. The number of ether oxygens (including phenoxy) is 1. The molecule has 1 aliphatic rings. The second-order valence-corrected chi connectivity index (χ2v) is 4.95. The average molecular weight is 297 g/mol. The van der Waals surface area contributed by atoms with Gasteiger partial charge in [0.05, 0.1) is 5.56 Å². The van der Waals surface area contributed by atoms with Gasteiger partial charge in [0.15, 0.2) is 0 Å². The number of Topliss-reactive ketones (excluding diaryl/α,β-unsaturated/α-hetero) is 1. The van der Waals surface area contributed by atoms with Crippen LogP contribution in [0.15, 0.2) is 24.3 Å². The van der Waals surface area contributed by atoms with Gasteiger partial charge < -0.3 is 9.64 Å². The lowest BCUT2D eigenvalue weighted by molar-refractivity contribution is -0.125. The van der Waals surface area contributed by atoms with Crippen molar-refractivity contribution >= 4 is 11.7 Å². The molecular formula is C15H17F2NO3. The minimum absolute atomic E-state index is 0.0991. The molecule has 114 valence electrons. The van der Waals surface area contributed by atoms with E-state index in [1.807, 2.05) is 6.92 Å². The summed E-state index contributed by atoms with van der Waals surface area (Å²) in [5.74, 6) is -0.538. The molecule has 0 bridgehead atoms. The van der Waals surface area contributed by atoms with Gasteiger partial charge in [-0.05, 0) is 18.6 Å². The zero-order valence-electron chi connectivity index (χ0n) is 11.7. The number of piperidine rings is 1. The molecule has 1 saturated heterocycles. The van der Waals surface area contributed by atoms with Crippen LogP contribution in [0.5, 0.6) is 5.75 Å². The van der Waals surface area contributed by atoms with Crippen molar-refractivity contribution in [1.82, 2.24) is 4.90 Å². The summed E-state index contributed by atoms with van der Waals surface area (Å²) >= 11 is 0. The highest BCUT2D eigenvalue weighted by molar-refractivity contribution is 5.98. The zero-order chi connectivity index (χ0) is 15.4. The van der Waals surface area contributed by atoms with E-state index in [1.54, 1.807) is 6.07 Å². The first-order valence-electron chi connectivity index (χ1n) is 6.88. The minimum atomic E-state index is -2.98. The molecule has 1 amide bonds. The Morgan fingerprint density at radius 3 is 2.81 bits per heavy atom. The number of carbonyl (C=O) groups excluding carboxylic acids is 2. The number of carbonyl (C=O) groups is 2. The minimum Gasteiger partial charge on any atom is -0.434 e. The Morgan fingerprint density at radius 1 is 1.43 bits per heavy atom. The van der Waals surface area contributed by atoms with Crippen LogP contribution >= 0.6 is 0 Å². The summed E-state index contributed by atoms with van der Waals surface area (Å²) in [6.07, 6.45) is 0.972. The largest absolute Gasteiger partial charge is 0.434 e. The third kappa shape index (κ3) is 3.56. The number of hydrogen-bond acceptors (Lipinski definition) is 3. The van der Waals surface area contributed by atoms with Crippen molar-refractivity contribution in [2.75, 3.05) is 13.1 Å². The van der Waals surface area contributed by atoms with Crippen molar-refractivity contribution in [3.05, 3.63) is 29.8 Å². The van der Waals surface area contributed by atoms with Crippen molar-refractivity contribution in [2.24, 2.45) is 5.92 Å². The van der Waals surface area contributed by atoms with Gasteiger partial charge in [-0.1, -0.05) is 19.1 Å². The van der Waals surface area contributed by atoms with E-state index in [0.717, 1.165) is 0 Å². The monoisotopic (exact) mass is 297 g/mol. The summed E-state index contributed by atoms with van der Waals surface area (Å²) < 4.78 is 29.1. The number of benzene rings is 1. The maximum absolute atomic E-state index is 12.5. The molecule has 4 nitrogen and oxygen atoms in total. The number of para-hydroxylation sites is 1. The van der Waals surface area contributed by atoms with Gasteiger partial charge in [-0.15, -0.1) is 0 Å². The third-order valence-electron chi connectivity index (χ3n) is 3.64. The van der Waals surface area contributed by atoms with Crippen molar-refractivity contribution in [2.45, 2.75) is 26.4 Å². The van der Waals surface area contributed by atoms with Crippen LogP contribution in [0.3, 0.4) is 0 Å². The van der Waals surface area contributed by atoms with Crippen LogP contribution in [0.2, 0.25) is 0 Å². The Kier molecular flexibility index (Phi) is 4.88. The van der Waals surface area contributed by atoms with Gasteiger partial charge in [-0.3, -0.25) is 9.59 Å². The molecule has 0 radical (unpaired) electrons. The topological polar surface area (TPSA) is 46.6 Å². The third-order valence-corrected chi connectivity index (χ3v) is 3.64. The Balaban J connectivity index is 2.18. The van der Waals surface area contributed by atoms with E-state index in [0.29, 0.717) is 25.9 Å². The molecule has 1 aliphatic heterocycles. The number of alkyl halides is 2. The van der Waals surface area contributed by atoms with Gasteiger partial charge in [-0.2, -0.15) is 8.78 Å². The number of likely N-dealkylation sites (tertiary alicyclic amines) is 1. The molecule has 0 aliphatic carbocycles. The van der Waals surface area contributed by atoms with Gasteiger partial charge >= 0.3 is 6.61 Å². The highest BCUT2D eigenvalue weighted by Gasteiger charge is 2.30. The number of hydrogen-bond donors (Lipinski definition) is 0. The Morgan fingerprint density at radius 2 is 2.14 bits per heavy atom. The predicted octanol–water partition coefficient (Wildman–Crippen LogP) is 2.73. The van der Waals surface area contributed by atoms with E-state index in [4.69, 9.17) is 0 Å². The number of amides is 1. The van der Waals surface area contributed by atoms with E-state index in [1.165, 1.54) is 23.1 Å². The molecule has 1 aromatic carbocycles. The van der Waals surface area contributed by atoms with Crippen LogP contribution in [-0.4, -0.2) is 36.3 Å². The summed E-state index contributed by atoms with van der Waals surface area (Å²) in [5.41, 5.74) is 0.0991. The molecule has 1 aromatic rings. The van der Waals surface area contributed by atoms with Gasteiger partial charge in [0.2, 0.25) is 0 Å². The lowest BCUT2D eigenvalue weighted by Gasteiger charge is -2.31. The Bertz CT molecular complexity index is 533.